The van der Waals surface area contributed by atoms with Crippen LogP contribution in [-0.2, 0) is 0 Å². The zero-order chi connectivity index (χ0) is 11.2. The fourth-order valence-corrected chi connectivity index (χ4v) is 2.46. The van der Waals surface area contributed by atoms with Crippen molar-refractivity contribution in [3.8, 4) is 0 Å². The zero-order valence-corrected chi connectivity index (χ0v) is 11.0. The van der Waals surface area contributed by atoms with E-state index >= 15 is 0 Å². The summed E-state index contributed by atoms with van der Waals surface area (Å²) in [7, 11) is 0. The quantitative estimate of drug-likeness (QED) is 0.569. The molecule has 0 saturated heterocycles. The average molecular weight is 322 g/mol. The number of aromatic amines is 1. The maximum atomic E-state index is 4.45. The third-order valence-electron chi connectivity index (χ3n) is 2.76. The summed E-state index contributed by atoms with van der Waals surface area (Å²) in [4.78, 5) is 7.79. The van der Waals surface area contributed by atoms with Crippen LogP contribution in [0.5, 0.6) is 0 Å². The molecule has 0 fully saturated rings. The van der Waals surface area contributed by atoms with Crippen molar-refractivity contribution in [2.24, 2.45) is 4.99 Å². The lowest BCUT2D eigenvalue weighted by molar-refractivity contribution is 1.11. The van der Waals surface area contributed by atoms with Gasteiger partial charge in [0.15, 0.2) is 0 Å². The number of halogens is 1. The molecule has 1 N–H and O–H groups in total. The molecule has 1 aliphatic heterocycles. The van der Waals surface area contributed by atoms with Crippen LogP contribution >= 0.6 is 22.6 Å². The minimum absolute atomic E-state index is 0.0253. The molecule has 3 rings (SSSR count). The molecular formula is C13H11IN2. The summed E-state index contributed by atoms with van der Waals surface area (Å²) in [5, 5.41) is 2.45. The smallest absolute Gasteiger partial charge is 0.138 e. The minimum atomic E-state index is 0.0253. The van der Waals surface area contributed by atoms with Crippen molar-refractivity contribution in [1.29, 1.82) is 0 Å². The Morgan fingerprint density at radius 1 is 1.31 bits per heavy atom. The molecule has 2 nitrogen and oxygen atoms in total. The fraction of sp³-hybridized carbons (Fsp3) is 0.154. The van der Waals surface area contributed by atoms with Crippen molar-refractivity contribution < 1.29 is 0 Å². The summed E-state index contributed by atoms with van der Waals surface area (Å²) in [5.74, 6) is 0. The van der Waals surface area contributed by atoms with Crippen LogP contribution in [0.3, 0.4) is 0 Å². The fourth-order valence-electron chi connectivity index (χ4n) is 1.99. The van der Waals surface area contributed by atoms with Crippen LogP contribution in [0.2, 0.25) is 0 Å². The second-order valence-corrected chi connectivity index (χ2v) is 6.50. The van der Waals surface area contributed by atoms with Gasteiger partial charge in [0.1, 0.15) is 5.49 Å². The number of H-pyrrole nitrogens is 1. The summed E-state index contributed by atoms with van der Waals surface area (Å²) in [6.07, 6.45) is 6.25. The summed E-state index contributed by atoms with van der Waals surface area (Å²) in [6.45, 7) is 2.18. The predicted octanol–water partition coefficient (Wildman–Crippen LogP) is 2.29. The largest absolute Gasteiger partial charge is 0.339 e. The van der Waals surface area contributed by atoms with E-state index in [9.17, 15) is 0 Å². The Kier molecular flexibility index (Phi) is 2.17. The van der Waals surface area contributed by atoms with Gasteiger partial charge in [-0.2, -0.15) is 0 Å². The highest BCUT2D eigenvalue weighted by molar-refractivity contribution is 14.1. The minimum Gasteiger partial charge on any atom is -0.339 e. The van der Waals surface area contributed by atoms with Gasteiger partial charge in [-0.1, -0.05) is 46.9 Å². The van der Waals surface area contributed by atoms with Gasteiger partial charge < -0.3 is 4.98 Å². The number of para-hydroxylation sites is 1. The number of rotatable bonds is 0. The average Bonchev–Trinajstić information content (AvgIpc) is 2.48. The van der Waals surface area contributed by atoms with Crippen molar-refractivity contribution in [3.63, 3.8) is 0 Å². The lowest BCUT2D eigenvalue weighted by atomic mass is 10.1. The molecule has 80 valence electrons. The van der Waals surface area contributed by atoms with Gasteiger partial charge in [0.05, 0.1) is 3.42 Å². The van der Waals surface area contributed by atoms with E-state index in [0.29, 0.717) is 0 Å². The van der Waals surface area contributed by atoms with Crippen LogP contribution in [0.25, 0.3) is 17.0 Å². The highest BCUT2D eigenvalue weighted by Crippen LogP contribution is 2.22. The molecule has 1 unspecified atom stereocenters. The van der Waals surface area contributed by atoms with Crippen LogP contribution in [0, 0.1) is 0 Å². The molecule has 2 heterocycles. The molecular weight excluding hydrogens is 311 g/mol. The number of nitrogens with one attached hydrogen (secondary N) is 1. The van der Waals surface area contributed by atoms with Crippen molar-refractivity contribution in [2.45, 2.75) is 10.3 Å². The van der Waals surface area contributed by atoms with Crippen molar-refractivity contribution in [1.82, 2.24) is 4.98 Å². The SMILES string of the molecule is CC1(I)C=CN=c2[nH]c3ccccc3c2=C1. The molecule has 0 aliphatic carbocycles. The van der Waals surface area contributed by atoms with Crippen LogP contribution < -0.4 is 10.7 Å². The van der Waals surface area contributed by atoms with E-state index in [1.165, 1.54) is 10.6 Å². The number of fused-ring (bicyclic) bond motifs is 3. The normalized spacial score (nSPS) is 23.4. The monoisotopic (exact) mass is 322 g/mol. The first-order valence-electron chi connectivity index (χ1n) is 5.20. The van der Waals surface area contributed by atoms with E-state index in [-0.39, 0.29) is 3.42 Å². The maximum absolute atomic E-state index is 4.45. The van der Waals surface area contributed by atoms with Gasteiger partial charge in [0.2, 0.25) is 0 Å². The second kappa shape index (κ2) is 3.45. The number of aromatic nitrogens is 1. The maximum Gasteiger partial charge on any atom is 0.138 e. The third kappa shape index (κ3) is 1.59. The topological polar surface area (TPSA) is 28.1 Å². The Morgan fingerprint density at radius 2 is 2.12 bits per heavy atom. The lowest BCUT2D eigenvalue weighted by Gasteiger charge is -2.09. The Morgan fingerprint density at radius 3 is 3.00 bits per heavy atom. The van der Waals surface area contributed by atoms with Crippen molar-refractivity contribution >= 4 is 39.6 Å². The Labute approximate surface area is 107 Å². The van der Waals surface area contributed by atoms with Gasteiger partial charge in [0, 0.05) is 22.3 Å². The molecule has 1 atom stereocenters. The number of nitrogens with zero attached hydrogens (tertiary/aromatic N) is 1. The van der Waals surface area contributed by atoms with Crippen molar-refractivity contribution in [3.05, 3.63) is 47.2 Å². The van der Waals surface area contributed by atoms with Crippen molar-refractivity contribution in [2.75, 3.05) is 0 Å². The highest BCUT2D eigenvalue weighted by atomic mass is 127. The Balaban J connectivity index is 2.52. The van der Waals surface area contributed by atoms with E-state index in [1.54, 1.807) is 0 Å². The standard InChI is InChI=1S/C13H11IN2/c1-13(14)6-7-15-12-10(8-13)9-4-2-3-5-11(9)16-12/h2-8H,1H3,(H,15,16). The van der Waals surface area contributed by atoms with Crippen LogP contribution in [-0.4, -0.2) is 8.41 Å². The van der Waals surface area contributed by atoms with Gasteiger partial charge >= 0.3 is 0 Å². The van der Waals surface area contributed by atoms with E-state index < -0.39 is 0 Å². The summed E-state index contributed by atoms with van der Waals surface area (Å²) in [6, 6.07) is 8.32. The number of alkyl halides is 1. The predicted molar refractivity (Wildman–Crippen MR) is 75.1 cm³/mol. The number of allylic oxidation sites excluding steroid dienone is 1. The van der Waals surface area contributed by atoms with Crippen LogP contribution in [0.4, 0.5) is 0 Å². The van der Waals surface area contributed by atoms with Gasteiger partial charge in [0.25, 0.3) is 0 Å². The number of benzene rings is 1. The van der Waals surface area contributed by atoms with Crippen LogP contribution in [0.1, 0.15) is 6.92 Å². The number of hydrogen-bond donors (Lipinski definition) is 1. The first-order chi connectivity index (χ1) is 7.66. The molecule has 0 radical (unpaired) electrons. The molecule has 0 saturated carbocycles. The first kappa shape index (κ1) is 10.1. The summed E-state index contributed by atoms with van der Waals surface area (Å²) in [5.41, 5.74) is 2.10. The zero-order valence-electron chi connectivity index (χ0n) is 8.87. The molecule has 1 aromatic heterocycles. The van der Waals surface area contributed by atoms with E-state index in [2.05, 4.69) is 69.8 Å². The molecule has 16 heavy (non-hydrogen) atoms. The van der Waals surface area contributed by atoms with Crippen LogP contribution in [0.15, 0.2) is 41.5 Å². The Hall–Kier alpha value is -1.10. The second-order valence-electron chi connectivity index (χ2n) is 4.17. The van der Waals surface area contributed by atoms with E-state index in [1.807, 2.05) is 12.3 Å². The molecule has 1 aromatic carbocycles. The van der Waals surface area contributed by atoms with Gasteiger partial charge in [-0.05, 0) is 19.1 Å². The first-order valence-corrected chi connectivity index (χ1v) is 6.28. The third-order valence-corrected chi connectivity index (χ3v) is 3.43. The Bertz CT molecular complexity index is 692. The molecule has 0 spiro atoms. The molecule has 1 aliphatic rings. The lowest BCUT2D eigenvalue weighted by Crippen LogP contribution is -2.25. The molecule has 3 heteroatoms. The molecule has 0 bridgehead atoms. The summed E-state index contributed by atoms with van der Waals surface area (Å²) < 4.78 is 0.0253. The van der Waals surface area contributed by atoms with E-state index in [0.717, 1.165) is 11.0 Å². The van der Waals surface area contributed by atoms with Gasteiger partial charge in [-0.15, -0.1) is 0 Å². The molecule has 0 amide bonds. The summed E-state index contributed by atoms with van der Waals surface area (Å²) >= 11 is 2.43. The highest BCUT2D eigenvalue weighted by Gasteiger charge is 2.15. The molecule has 2 aromatic rings. The van der Waals surface area contributed by atoms with Gasteiger partial charge in [-0.25, -0.2) is 4.99 Å². The van der Waals surface area contributed by atoms with Gasteiger partial charge in [-0.3, -0.25) is 0 Å². The number of hydrogen-bond acceptors (Lipinski definition) is 1. The van der Waals surface area contributed by atoms with E-state index in [4.69, 9.17) is 0 Å².